The molecule has 2 rings (SSSR count). The van der Waals surface area contributed by atoms with Crippen molar-refractivity contribution in [2.75, 3.05) is 5.32 Å². The summed E-state index contributed by atoms with van der Waals surface area (Å²) in [5.74, 6) is -0.342. The molecule has 0 bridgehead atoms. The molecular formula is C16H16ClNO3. The Morgan fingerprint density at radius 1 is 1.24 bits per heavy atom. The van der Waals surface area contributed by atoms with Crippen molar-refractivity contribution >= 4 is 23.2 Å². The smallest absolute Gasteiger partial charge is 0.227 e. The molecule has 0 aliphatic carbocycles. The first-order chi connectivity index (χ1) is 9.97. The zero-order valence-electron chi connectivity index (χ0n) is 11.5. The van der Waals surface area contributed by atoms with E-state index < -0.39 is 6.10 Å². The largest absolute Gasteiger partial charge is 0.505 e. The van der Waals surface area contributed by atoms with Gasteiger partial charge in [0.15, 0.2) is 0 Å². The molecule has 4 nitrogen and oxygen atoms in total. The predicted molar refractivity (Wildman–Crippen MR) is 82.5 cm³/mol. The minimum atomic E-state index is -0.922. The number of nitrogens with one attached hydrogen (secondary N) is 1. The van der Waals surface area contributed by atoms with Gasteiger partial charge in [0.05, 0.1) is 18.2 Å². The van der Waals surface area contributed by atoms with Gasteiger partial charge in [-0.15, -0.1) is 0 Å². The first-order valence-electron chi connectivity index (χ1n) is 6.49. The average Bonchev–Trinajstić information content (AvgIpc) is 2.44. The van der Waals surface area contributed by atoms with Crippen LogP contribution in [0.15, 0.2) is 42.5 Å². The highest BCUT2D eigenvalue weighted by Gasteiger charge is 2.14. The molecule has 2 aromatic carbocycles. The molecule has 0 saturated carbocycles. The van der Waals surface area contributed by atoms with E-state index in [1.165, 1.54) is 0 Å². The summed E-state index contributed by atoms with van der Waals surface area (Å²) in [6.07, 6.45) is -1.02. The van der Waals surface area contributed by atoms with E-state index in [1.54, 1.807) is 49.4 Å². The van der Waals surface area contributed by atoms with Gasteiger partial charge in [-0.2, -0.15) is 0 Å². The quantitative estimate of drug-likeness (QED) is 0.758. The summed E-state index contributed by atoms with van der Waals surface area (Å²) in [5, 5.41) is 23.0. The molecular weight excluding hydrogens is 290 g/mol. The summed E-state index contributed by atoms with van der Waals surface area (Å²) in [4.78, 5) is 11.9. The summed E-state index contributed by atoms with van der Waals surface area (Å²) in [7, 11) is 0. The van der Waals surface area contributed by atoms with E-state index in [1.807, 2.05) is 0 Å². The normalized spacial score (nSPS) is 12.0. The van der Waals surface area contributed by atoms with Gasteiger partial charge < -0.3 is 15.5 Å². The maximum Gasteiger partial charge on any atom is 0.227 e. The SMILES string of the molecule is Cc1cccc(NC(=O)CC(O)c2ccc(Cl)cc2)c1O. The molecule has 0 aromatic heterocycles. The van der Waals surface area contributed by atoms with E-state index in [9.17, 15) is 15.0 Å². The van der Waals surface area contributed by atoms with Gasteiger partial charge in [-0.05, 0) is 36.2 Å². The number of aliphatic hydroxyl groups is 1. The maximum absolute atomic E-state index is 11.9. The third-order valence-electron chi connectivity index (χ3n) is 3.15. The number of amides is 1. The van der Waals surface area contributed by atoms with Crippen molar-refractivity contribution in [2.24, 2.45) is 0 Å². The zero-order chi connectivity index (χ0) is 15.4. The van der Waals surface area contributed by atoms with Crippen LogP contribution in [0.2, 0.25) is 5.02 Å². The van der Waals surface area contributed by atoms with Crippen LogP contribution in [0.5, 0.6) is 5.75 Å². The van der Waals surface area contributed by atoms with Crippen molar-refractivity contribution in [1.29, 1.82) is 0 Å². The summed E-state index contributed by atoms with van der Waals surface area (Å²) in [5.41, 5.74) is 1.62. The number of rotatable bonds is 4. The average molecular weight is 306 g/mol. The van der Waals surface area contributed by atoms with Crippen molar-refractivity contribution < 1.29 is 15.0 Å². The second-order valence-corrected chi connectivity index (χ2v) is 5.23. The Hall–Kier alpha value is -2.04. The number of carbonyl (C=O) groups is 1. The first kappa shape index (κ1) is 15.4. The highest BCUT2D eigenvalue weighted by atomic mass is 35.5. The van der Waals surface area contributed by atoms with E-state index in [4.69, 9.17) is 11.6 Å². The molecule has 3 N–H and O–H groups in total. The molecule has 0 aliphatic rings. The Balaban J connectivity index is 2.01. The van der Waals surface area contributed by atoms with Gasteiger partial charge in [0.2, 0.25) is 5.91 Å². The lowest BCUT2D eigenvalue weighted by Gasteiger charge is -2.12. The Morgan fingerprint density at radius 2 is 1.90 bits per heavy atom. The lowest BCUT2D eigenvalue weighted by Crippen LogP contribution is -2.15. The molecule has 1 unspecified atom stereocenters. The summed E-state index contributed by atoms with van der Waals surface area (Å²) in [6, 6.07) is 11.7. The first-order valence-corrected chi connectivity index (χ1v) is 6.87. The van der Waals surface area contributed by atoms with Crippen LogP contribution in [0.3, 0.4) is 0 Å². The van der Waals surface area contributed by atoms with Gasteiger partial charge >= 0.3 is 0 Å². The molecule has 0 fully saturated rings. The van der Waals surface area contributed by atoms with E-state index in [0.717, 1.165) is 0 Å². The molecule has 1 atom stereocenters. The van der Waals surface area contributed by atoms with Crippen LogP contribution in [-0.4, -0.2) is 16.1 Å². The van der Waals surface area contributed by atoms with Gasteiger partial charge in [0, 0.05) is 5.02 Å². The minimum Gasteiger partial charge on any atom is -0.505 e. The van der Waals surface area contributed by atoms with E-state index in [2.05, 4.69) is 5.32 Å². The number of aromatic hydroxyl groups is 1. The number of hydrogen-bond acceptors (Lipinski definition) is 3. The van der Waals surface area contributed by atoms with Crippen LogP contribution in [-0.2, 0) is 4.79 Å². The van der Waals surface area contributed by atoms with Crippen molar-refractivity contribution in [3.8, 4) is 5.75 Å². The van der Waals surface area contributed by atoms with Crippen molar-refractivity contribution in [1.82, 2.24) is 0 Å². The number of aryl methyl sites for hydroxylation is 1. The van der Waals surface area contributed by atoms with E-state index in [-0.39, 0.29) is 18.1 Å². The lowest BCUT2D eigenvalue weighted by molar-refractivity contribution is -0.118. The monoisotopic (exact) mass is 305 g/mol. The fraction of sp³-hybridized carbons (Fsp3) is 0.188. The maximum atomic E-state index is 11.9. The molecule has 5 heteroatoms. The number of aliphatic hydroxyl groups excluding tert-OH is 1. The fourth-order valence-electron chi connectivity index (χ4n) is 1.94. The second-order valence-electron chi connectivity index (χ2n) is 4.79. The molecule has 0 aliphatic heterocycles. The number of hydrogen-bond donors (Lipinski definition) is 3. The molecule has 2 aromatic rings. The Labute approximate surface area is 128 Å². The van der Waals surface area contributed by atoms with Crippen LogP contribution in [0.25, 0.3) is 0 Å². The van der Waals surface area contributed by atoms with Gasteiger partial charge in [0.1, 0.15) is 5.75 Å². The number of phenols is 1. The molecule has 0 heterocycles. The van der Waals surface area contributed by atoms with Gasteiger partial charge in [-0.1, -0.05) is 35.9 Å². The Kier molecular flexibility index (Phi) is 4.83. The van der Waals surface area contributed by atoms with Gasteiger partial charge in [-0.3, -0.25) is 4.79 Å². The lowest BCUT2D eigenvalue weighted by atomic mass is 10.1. The number of carbonyl (C=O) groups excluding carboxylic acids is 1. The number of para-hydroxylation sites is 1. The summed E-state index contributed by atoms with van der Waals surface area (Å²) < 4.78 is 0. The van der Waals surface area contributed by atoms with Crippen molar-refractivity contribution in [2.45, 2.75) is 19.4 Å². The Bertz CT molecular complexity index is 640. The second kappa shape index (κ2) is 6.61. The predicted octanol–water partition coefficient (Wildman–Crippen LogP) is 3.42. The van der Waals surface area contributed by atoms with Crippen molar-refractivity contribution in [3.05, 3.63) is 58.6 Å². The standard InChI is InChI=1S/C16H16ClNO3/c1-10-3-2-4-13(16(10)21)18-15(20)9-14(19)11-5-7-12(17)8-6-11/h2-8,14,19,21H,9H2,1H3,(H,18,20). The van der Waals surface area contributed by atoms with Crippen LogP contribution in [0.4, 0.5) is 5.69 Å². The molecule has 110 valence electrons. The molecule has 0 saturated heterocycles. The van der Waals surface area contributed by atoms with E-state index >= 15 is 0 Å². The van der Waals surface area contributed by atoms with Crippen LogP contribution < -0.4 is 5.32 Å². The fourth-order valence-corrected chi connectivity index (χ4v) is 2.07. The molecule has 0 radical (unpaired) electrons. The van der Waals surface area contributed by atoms with Gasteiger partial charge in [-0.25, -0.2) is 0 Å². The molecule has 1 amide bonds. The highest BCUT2D eigenvalue weighted by molar-refractivity contribution is 6.30. The van der Waals surface area contributed by atoms with Crippen LogP contribution >= 0.6 is 11.6 Å². The topological polar surface area (TPSA) is 69.6 Å². The number of benzene rings is 2. The number of phenolic OH excluding ortho intramolecular Hbond substituents is 1. The molecule has 0 spiro atoms. The van der Waals surface area contributed by atoms with Crippen LogP contribution in [0.1, 0.15) is 23.7 Å². The van der Waals surface area contributed by atoms with E-state index in [0.29, 0.717) is 21.8 Å². The highest BCUT2D eigenvalue weighted by Crippen LogP contribution is 2.27. The number of halogens is 1. The summed E-state index contributed by atoms with van der Waals surface area (Å²) in [6.45, 7) is 1.74. The molecule has 21 heavy (non-hydrogen) atoms. The third-order valence-corrected chi connectivity index (χ3v) is 3.40. The van der Waals surface area contributed by atoms with Gasteiger partial charge in [0.25, 0.3) is 0 Å². The third kappa shape index (κ3) is 3.97. The summed E-state index contributed by atoms with van der Waals surface area (Å²) >= 11 is 5.77. The Morgan fingerprint density at radius 3 is 2.57 bits per heavy atom. The zero-order valence-corrected chi connectivity index (χ0v) is 12.3. The van der Waals surface area contributed by atoms with Crippen molar-refractivity contribution in [3.63, 3.8) is 0 Å². The number of anilines is 1. The van der Waals surface area contributed by atoms with Crippen LogP contribution in [0, 0.1) is 6.92 Å². The minimum absolute atomic E-state index is 0.0341.